The van der Waals surface area contributed by atoms with Crippen molar-refractivity contribution in [2.45, 2.75) is 65.6 Å². The van der Waals surface area contributed by atoms with Crippen LogP contribution in [0.3, 0.4) is 0 Å². The molecule has 0 unspecified atom stereocenters. The Bertz CT molecular complexity index is 1150. The van der Waals surface area contributed by atoms with Crippen molar-refractivity contribution < 1.29 is 14.6 Å². The van der Waals surface area contributed by atoms with Crippen molar-refractivity contribution >= 4 is 47.0 Å². The number of pyridine rings is 1. The van der Waals surface area contributed by atoms with Crippen LogP contribution in [0.2, 0.25) is 13.1 Å². The van der Waals surface area contributed by atoms with E-state index in [4.69, 9.17) is 9.72 Å². The minimum absolute atomic E-state index is 0.0658. The number of hydrogen-bond donors (Lipinski definition) is 1. The number of aromatic nitrogens is 2. The molecule has 0 aliphatic carbocycles. The lowest BCUT2D eigenvalue weighted by Gasteiger charge is -2.29. The summed E-state index contributed by atoms with van der Waals surface area (Å²) in [5.41, 5.74) is 2.20. The second kappa shape index (κ2) is 8.09. The molecule has 0 bridgehead atoms. The SMILES string of the molecule is C[SiH](C)c1c(C(C)(C)C)c2cc(Oc3cc(Br)ccc3C(=O)O)cnc2n1C(C)(C)C. The number of hydrogen-bond acceptors (Lipinski definition) is 3. The Morgan fingerprint density at radius 1 is 1.13 bits per heavy atom. The summed E-state index contributed by atoms with van der Waals surface area (Å²) in [6, 6.07) is 6.91. The van der Waals surface area contributed by atoms with Gasteiger partial charge >= 0.3 is 5.97 Å². The van der Waals surface area contributed by atoms with Gasteiger partial charge in [-0.1, -0.05) is 49.8 Å². The Morgan fingerprint density at radius 3 is 2.29 bits per heavy atom. The molecule has 2 heterocycles. The Hall–Kier alpha value is -2.12. The molecule has 3 rings (SSSR count). The van der Waals surface area contributed by atoms with Crippen LogP contribution >= 0.6 is 15.9 Å². The van der Waals surface area contributed by atoms with E-state index in [1.54, 1.807) is 18.3 Å². The lowest BCUT2D eigenvalue weighted by atomic mass is 9.87. The summed E-state index contributed by atoms with van der Waals surface area (Å²) in [6.07, 6.45) is 1.69. The molecular weight excluding hydrogens is 472 g/mol. The van der Waals surface area contributed by atoms with E-state index >= 15 is 0 Å². The molecule has 7 heteroatoms. The predicted molar refractivity (Wildman–Crippen MR) is 133 cm³/mol. The summed E-state index contributed by atoms with van der Waals surface area (Å²) in [7, 11) is -1.20. The number of halogens is 1. The van der Waals surface area contributed by atoms with Gasteiger partial charge in [-0.25, -0.2) is 9.78 Å². The van der Waals surface area contributed by atoms with Gasteiger partial charge in [-0.3, -0.25) is 0 Å². The van der Waals surface area contributed by atoms with E-state index in [0.29, 0.717) is 5.75 Å². The van der Waals surface area contributed by atoms with E-state index in [1.807, 2.05) is 6.07 Å². The molecule has 0 fully saturated rings. The highest BCUT2D eigenvalue weighted by Gasteiger charge is 2.32. The van der Waals surface area contributed by atoms with Crippen molar-refractivity contribution in [3.8, 4) is 11.5 Å². The van der Waals surface area contributed by atoms with E-state index in [-0.39, 0.29) is 22.3 Å². The monoisotopic (exact) mass is 502 g/mol. The maximum Gasteiger partial charge on any atom is 0.339 e. The number of carboxylic acids is 1. The first-order valence-corrected chi connectivity index (χ1v) is 14.2. The molecule has 0 spiro atoms. The molecule has 0 aliphatic rings. The number of benzene rings is 1. The van der Waals surface area contributed by atoms with Crippen molar-refractivity contribution in [1.29, 1.82) is 0 Å². The molecule has 0 saturated carbocycles. The number of fused-ring (bicyclic) bond motifs is 1. The number of ether oxygens (including phenoxy) is 1. The summed E-state index contributed by atoms with van der Waals surface area (Å²) in [6.45, 7) is 18.1. The Balaban J connectivity index is 2.28. The second-order valence-corrected chi connectivity index (χ2v) is 14.0. The topological polar surface area (TPSA) is 64.3 Å². The van der Waals surface area contributed by atoms with Crippen molar-refractivity contribution in [1.82, 2.24) is 9.55 Å². The molecule has 3 aromatic rings. The summed E-state index contributed by atoms with van der Waals surface area (Å²) in [5, 5.41) is 12.0. The zero-order valence-corrected chi connectivity index (χ0v) is 22.2. The first kappa shape index (κ1) is 23.5. The maximum absolute atomic E-state index is 11.6. The van der Waals surface area contributed by atoms with Gasteiger partial charge in [-0.15, -0.1) is 0 Å². The number of carbonyl (C=O) groups is 1. The van der Waals surface area contributed by atoms with Gasteiger partial charge in [0.05, 0.1) is 15.0 Å². The van der Waals surface area contributed by atoms with Crippen molar-refractivity contribution in [3.63, 3.8) is 0 Å². The van der Waals surface area contributed by atoms with E-state index in [9.17, 15) is 9.90 Å². The summed E-state index contributed by atoms with van der Waals surface area (Å²) < 4.78 is 9.20. The van der Waals surface area contributed by atoms with E-state index in [1.165, 1.54) is 16.9 Å². The van der Waals surface area contributed by atoms with Gasteiger partial charge in [0, 0.05) is 20.7 Å². The molecule has 5 nitrogen and oxygen atoms in total. The van der Waals surface area contributed by atoms with Gasteiger partial charge in [-0.2, -0.15) is 0 Å². The van der Waals surface area contributed by atoms with E-state index in [2.05, 4.69) is 75.1 Å². The fourth-order valence-electron chi connectivity index (χ4n) is 4.12. The molecule has 0 aliphatic heterocycles. The average Bonchev–Trinajstić information content (AvgIpc) is 2.96. The fraction of sp³-hybridized carbons (Fsp3) is 0.417. The Kier molecular flexibility index (Phi) is 6.15. The molecule has 0 radical (unpaired) electrons. The Labute approximate surface area is 194 Å². The second-order valence-electron chi connectivity index (χ2n) is 10.3. The first-order valence-electron chi connectivity index (χ1n) is 10.5. The third kappa shape index (κ3) is 4.57. The highest BCUT2D eigenvalue weighted by Crippen LogP contribution is 2.36. The zero-order chi connectivity index (χ0) is 23.3. The predicted octanol–water partition coefficient (Wildman–Crippen LogP) is 6.04. The number of nitrogens with zero attached hydrogens (tertiary/aromatic N) is 2. The lowest BCUT2D eigenvalue weighted by molar-refractivity contribution is 0.0694. The average molecular weight is 504 g/mol. The minimum atomic E-state index is -1.20. The van der Waals surface area contributed by atoms with E-state index in [0.717, 1.165) is 15.5 Å². The fourth-order valence-corrected chi connectivity index (χ4v) is 6.65. The van der Waals surface area contributed by atoms with Gasteiger partial charge in [0.25, 0.3) is 0 Å². The van der Waals surface area contributed by atoms with Crippen LogP contribution in [0.1, 0.15) is 57.5 Å². The highest BCUT2D eigenvalue weighted by molar-refractivity contribution is 9.10. The van der Waals surface area contributed by atoms with Crippen LogP contribution < -0.4 is 10.1 Å². The highest BCUT2D eigenvalue weighted by atomic mass is 79.9. The van der Waals surface area contributed by atoms with Crippen LogP contribution in [0.25, 0.3) is 11.0 Å². The van der Waals surface area contributed by atoms with Crippen LogP contribution in [0.4, 0.5) is 0 Å². The molecule has 1 N–H and O–H groups in total. The molecule has 0 atom stereocenters. The molecule has 0 saturated heterocycles. The van der Waals surface area contributed by atoms with Crippen LogP contribution in [-0.4, -0.2) is 29.4 Å². The summed E-state index contributed by atoms with van der Waals surface area (Å²) in [4.78, 5) is 16.5. The standard InChI is InChI=1S/C24H31BrN2O3Si/c1-23(2,3)19-17-12-15(30-18-11-14(25)9-10-16(18)22(28)29)13-26-20(17)27(24(4,5)6)21(19)31(7)8/h9-13,31H,1-8H3,(H,28,29). The summed E-state index contributed by atoms with van der Waals surface area (Å²) in [5.74, 6) is -0.213. The molecule has 31 heavy (non-hydrogen) atoms. The molecule has 166 valence electrons. The van der Waals surface area contributed by atoms with Crippen LogP contribution in [0, 0.1) is 0 Å². The maximum atomic E-state index is 11.6. The Morgan fingerprint density at radius 2 is 1.77 bits per heavy atom. The number of rotatable bonds is 4. The zero-order valence-electron chi connectivity index (χ0n) is 19.5. The van der Waals surface area contributed by atoms with E-state index < -0.39 is 14.8 Å². The van der Waals surface area contributed by atoms with Crippen LogP contribution in [-0.2, 0) is 11.0 Å². The molecular formula is C24H31BrN2O3Si. The van der Waals surface area contributed by atoms with Crippen molar-refractivity contribution in [3.05, 3.63) is 46.1 Å². The lowest BCUT2D eigenvalue weighted by Crippen LogP contribution is -2.42. The number of carboxylic acid groups (broad SMARTS) is 1. The number of aromatic carboxylic acids is 1. The molecule has 1 aromatic carbocycles. The largest absolute Gasteiger partial charge is 0.478 e. The normalized spacial score (nSPS) is 12.6. The van der Waals surface area contributed by atoms with Crippen LogP contribution in [0.5, 0.6) is 11.5 Å². The molecule has 0 amide bonds. The van der Waals surface area contributed by atoms with Gasteiger partial charge in [0.15, 0.2) is 0 Å². The third-order valence-electron chi connectivity index (χ3n) is 5.19. The minimum Gasteiger partial charge on any atom is -0.478 e. The smallest absolute Gasteiger partial charge is 0.339 e. The first-order chi connectivity index (χ1) is 14.2. The quantitative estimate of drug-likeness (QED) is 0.441. The van der Waals surface area contributed by atoms with Crippen LogP contribution in [0.15, 0.2) is 34.9 Å². The van der Waals surface area contributed by atoms with Crippen molar-refractivity contribution in [2.75, 3.05) is 0 Å². The molecule has 2 aromatic heterocycles. The summed E-state index contributed by atoms with van der Waals surface area (Å²) >= 11 is 3.40. The third-order valence-corrected chi connectivity index (χ3v) is 7.32. The van der Waals surface area contributed by atoms with Gasteiger partial charge in [-0.05, 0) is 56.0 Å². The van der Waals surface area contributed by atoms with Gasteiger partial charge in [0.2, 0.25) is 0 Å². The van der Waals surface area contributed by atoms with Gasteiger partial charge < -0.3 is 14.4 Å². The van der Waals surface area contributed by atoms with Gasteiger partial charge in [0.1, 0.15) is 22.7 Å². The van der Waals surface area contributed by atoms with Crippen molar-refractivity contribution in [2.24, 2.45) is 0 Å².